The molecule has 1 amide bonds. The third kappa shape index (κ3) is 4.99. The monoisotopic (exact) mass is 372 g/mol. The van der Waals surface area contributed by atoms with Gasteiger partial charge in [-0.05, 0) is 52.2 Å². The van der Waals surface area contributed by atoms with Crippen LogP contribution in [0.5, 0.6) is 5.88 Å². The first-order valence-electron chi connectivity index (χ1n) is 9.47. The lowest BCUT2D eigenvalue weighted by atomic mass is 10.1. The highest BCUT2D eigenvalue weighted by molar-refractivity contribution is 5.77. The number of amides is 1. The van der Waals surface area contributed by atoms with Crippen LogP contribution in [-0.2, 0) is 4.74 Å². The van der Waals surface area contributed by atoms with Crippen molar-refractivity contribution in [3.8, 4) is 5.88 Å². The third-order valence-corrected chi connectivity index (χ3v) is 4.32. The summed E-state index contributed by atoms with van der Waals surface area (Å²) >= 11 is 0. The molecule has 2 heterocycles. The molecule has 0 spiro atoms. The number of carbonyl (C=O) groups is 1. The zero-order valence-electron chi connectivity index (χ0n) is 16.5. The Labute approximate surface area is 160 Å². The Balaban J connectivity index is 1.63. The zero-order chi connectivity index (χ0) is 19.4. The van der Waals surface area contributed by atoms with Gasteiger partial charge in [0.1, 0.15) is 5.60 Å². The summed E-state index contributed by atoms with van der Waals surface area (Å²) in [5.74, 6) is 1.49. The predicted octanol–water partition coefficient (Wildman–Crippen LogP) is 3.70. The van der Waals surface area contributed by atoms with Gasteiger partial charge in [0.15, 0.2) is 5.82 Å². The molecule has 0 saturated carbocycles. The van der Waals surface area contributed by atoms with Gasteiger partial charge < -0.3 is 19.7 Å². The minimum absolute atomic E-state index is 0.245. The van der Waals surface area contributed by atoms with E-state index in [9.17, 15) is 4.79 Å². The lowest BCUT2D eigenvalue weighted by Gasteiger charge is -2.24. The Morgan fingerprint density at radius 1 is 1.26 bits per heavy atom. The quantitative estimate of drug-likeness (QED) is 0.862. The van der Waals surface area contributed by atoms with Crippen LogP contribution in [0.3, 0.4) is 0 Å². The van der Waals surface area contributed by atoms with Gasteiger partial charge in [-0.25, -0.2) is 14.8 Å². The number of carbonyl (C=O) groups excluding carboxylic acids is 1. The molecule has 2 aromatic rings. The number of likely N-dealkylation sites (tertiary alicyclic amines) is 1. The van der Waals surface area contributed by atoms with Crippen molar-refractivity contribution in [1.82, 2.24) is 14.9 Å². The van der Waals surface area contributed by atoms with Crippen LogP contribution in [-0.4, -0.2) is 52.8 Å². The van der Waals surface area contributed by atoms with Gasteiger partial charge in [-0.2, -0.15) is 0 Å². The molecule has 1 aromatic carbocycles. The number of hydrogen-bond donors (Lipinski definition) is 1. The summed E-state index contributed by atoms with van der Waals surface area (Å²) < 4.78 is 11.1. The van der Waals surface area contributed by atoms with Crippen LogP contribution in [0, 0.1) is 5.92 Å². The molecule has 1 aliphatic rings. The number of benzene rings is 1. The van der Waals surface area contributed by atoms with Gasteiger partial charge in [0.05, 0.1) is 17.6 Å². The number of nitrogens with zero attached hydrogens (tertiary/aromatic N) is 3. The minimum Gasteiger partial charge on any atom is -0.475 e. The van der Waals surface area contributed by atoms with Crippen LogP contribution in [0.2, 0.25) is 0 Å². The van der Waals surface area contributed by atoms with Gasteiger partial charge in [-0.15, -0.1) is 0 Å². The van der Waals surface area contributed by atoms with Gasteiger partial charge in [0.2, 0.25) is 0 Å². The minimum atomic E-state index is -0.472. The molecule has 7 heteroatoms. The predicted molar refractivity (Wildman–Crippen MR) is 105 cm³/mol. The first-order chi connectivity index (χ1) is 12.9. The maximum absolute atomic E-state index is 12.2. The Bertz CT molecular complexity index is 803. The van der Waals surface area contributed by atoms with Crippen LogP contribution in [0.4, 0.5) is 10.6 Å². The van der Waals surface area contributed by atoms with Crippen molar-refractivity contribution in [3.05, 3.63) is 24.3 Å². The average Bonchev–Trinajstić information content (AvgIpc) is 3.08. The van der Waals surface area contributed by atoms with Crippen LogP contribution >= 0.6 is 0 Å². The van der Waals surface area contributed by atoms with Crippen LogP contribution < -0.4 is 10.1 Å². The Hall–Kier alpha value is -2.57. The molecule has 27 heavy (non-hydrogen) atoms. The molecule has 1 saturated heterocycles. The molecule has 0 bridgehead atoms. The molecule has 146 valence electrons. The SMILES string of the molecule is CCOc1nc2ccccc2nc1NCC1CCN(C(=O)OC(C)(C)C)C1. The number of anilines is 1. The smallest absolute Gasteiger partial charge is 0.410 e. The molecule has 0 radical (unpaired) electrons. The lowest BCUT2D eigenvalue weighted by Crippen LogP contribution is -2.35. The lowest BCUT2D eigenvalue weighted by molar-refractivity contribution is 0.0289. The summed E-state index contributed by atoms with van der Waals surface area (Å²) in [5, 5.41) is 3.36. The summed E-state index contributed by atoms with van der Waals surface area (Å²) in [6, 6.07) is 7.73. The van der Waals surface area contributed by atoms with E-state index in [4.69, 9.17) is 9.47 Å². The highest BCUT2D eigenvalue weighted by Gasteiger charge is 2.29. The molecule has 1 fully saturated rings. The summed E-state index contributed by atoms with van der Waals surface area (Å²) in [4.78, 5) is 23.2. The standard InChI is InChI=1S/C20H28N4O3/c1-5-26-18-17(22-15-8-6-7-9-16(15)23-18)21-12-14-10-11-24(13-14)19(25)27-20(2,3)4/h6-9,14H,5,10-13H2,1-4H3,(H,21,22). The number of ether oxygens (including phenoxy) is 2. The molecule has 1 unspecified atom stereocenters. The number of hydrogen-bond acceptors (Lipinski definition) is 6. The molecule has 1 N–H and O–H groups in total. The van der Waals surface area contributed by atoms with Gasteiger partial charge in [0, 0.05) is 19.6 Å². The van der Waals surface area contributed by atoms with Crippen molar-refractivity contribution in [2.45, 2.75) is 39.7 Å². The van der Waals surface area contributed by atoms with Gasteiger partial charge in [-0.3, -0.25) is 0 Å². The second kappa shape index (κ2) is 7.98. The Morgan fingerprint density at radius 3 is 2.63 bits per heavy atom. The van der Waals surface area contributed by atoms with Gasteiger partial charge in [0.25, 0.3) is 5.88 Å². The summed E-state index contributed by atoms with van der Waals surface area (Å²) in [6.45, 7) is 10.2. The van der Waals surface area contributed by atoms with E-state index in [2.05, 4.69) is 15.3 Å². The fourth-order valence-corrected chi connectivity index (χ4v) is 3.07. The average molecular weight is 372 g/mol. The molecule has 1 aromatic heterocycles. The molecule has 7 nitrogen and oxygen atoms in total. The highest BCUT2D eigenvalue weighted by Crippen LogP contribution is 2.25. The maximum Gasteiger partial charge on any atom is 0.410 e. The highest BCUT2D eigenvalue weighted by atomic mass is 16.6. The maximum atomic E-state index is 12.2. The fourth-order valence-electron chi connectivity index (χ4n) is 3.07. The number of fused-ring (bicyclic) bond motifs is 1. The molecule has 1 aliphatic heterocycles. The van der Waals surface area contributed by atoms with Crippen molar-refractivity contribution in [3.63, 3.8) is 0 Å². The number of aromatic nitrogens is 2. The Kier molecular flexibility index (Phi) is 5.68. The first kappa shape index (κ1) is 19.2. The summed E-state index contributed by atoms with van der Waals surface area (Å²) in [5.41, 5.74) is 1.16. The van der Waals surface area contributed by atoms with Crippen LogP contribution in [0.1, 0.15) is 34.1 Å². The third-order valence-electron chi connectivity index (χ3n) is 4.32. The molecule has 1 atom stereocenters. The van der Waals surface area contributed by atoms with E-state index >= 15 is 0 Å². The van der Waals surface area contributed by atoms with Crippen LogP contribution in [0.25, 0.3) is 11.0 Å². The molecule has 3 rings (SSSR count). The molecule has 0 aliphatic carbocycles. The van der Waals surface area contributed by atoms with E-state index in [1.165, 1.54) is 0 Å². The topological polar surface area (TPSA) is 76.6 Å². The fraction of sp³-hybridized carbons (Fsp3) is 0.550. The number of para-hydroxylation sites is 2. The van der Waals surface area contributed by atoms with Crippen molar-refractivity contribution in [2.24, 2.45) is 5.92 Å². The van der Waals surface area contributed by atoms with Crippen molar-refractivity contribution in [1.29, 1.82) is 0 Å². The molecular formula is C20H28N4O3. The van der Waals surface area contributed by atoms with E-state index in [1.807, 2.05) is 52.0 Å². The summed E-state index contributed by atoms with van der Waals surface area (Å²) in [7, 11) is 0. The van der Waals surface area contributed by atoms with Gasteiger partial charge in [-0.1, -0.05) is 12.1 Å². The zero-order valence-corrected chi connectivity index (χ0v) is 16.5. The van der Waals surface area contributed by atoms with E-state index in [-0.39, 0.29) is 6.09 Å². The van der Waals surface area contributed by atoms with E-state index in [1.54, 1.807) is 4.90 Å². The Morgan fingerprint density at radius 2 is 1.96 bits per heavy atom. The molecular weight excluding hydrogens is 344 g/mol. The van der Waals surface area contributed by atoms with Crippen molar-refractivity contribution < 1.29 is 14.3 Å². The second-order valence-corrected chi connectivity index (χ2v) is 7.76. The van der Waals surface area contributed by atoms with E-state index in [0.717, 1.165) is 17.5 Å². The van der Waals surface area contributed by atoms with E-state index < -0.39 is 5.60 Å². The second-order valence-electron chi connectivity index (χ2n) is 7.76. The number of nitrogens with one attached hydrogen (secondary N) is 1. The normalized spacial score (nSPS) is 17.2. The number of rotatable bonds is 5. The van der Waals surface area contributed by atoms with Crippen LogP contribution in [0.15, 0.2) is 24.3 Å². The largest absolute Gasteiger partial charge is 0.475 e. The first-order valence-corrected chi connectivity index (χ1v) is 9.47. The van der Waals surface area contributed by atoms with E-state index in [0.29, 0.717) is 43.9 Å². The van der Waals surface area contributed by atoms with Gasteiger partial charge >= 0.3 is 6.09 Å². The van der Waals surface area contributed by atoms with Crippen molar-refractivity contribution >= 4 is 22.9 Å². The van der Waals surface area contributed by atoms with Crippen molar-refractivity contribution in [2.75, 3.05) is 31.6 Å². The summed E-state index contributed by atoms with van der Waals surface area (Å²) in [6.07, 6.45) is 0.683.